The van der Waals surface area contributed by atoms with Gasteiger partial charge in [-0.25, -0.2) is 0 Å². The van der Waals surface area contributed by atoms with Crippen molar-refractivity contribution in [2.24, 2.45) is 11.8 Å². The first-order chi connectivity index (χ1) is 38.0. The molecule has 0 aliphatic carbocycles. The van der Waals surface area contributed by atoms with Crippen LogP contribution in [0.5, 0.6) is 0 Å². The highest BCUT2D eigenvalue weighted by molar-refractivity contribution is 7.99. The highest BCUT2D eigenvalue weighted by atomic mass is 32.2. The molecule has 0 saturated carbocycles. The van der Waals surface area contributed by atoms with Crippen LogP contribution in [0.2, 0.25) is 0 Å². The van der Waals surface area contributed by atoms with Crippen molar-refractivity contribution in [2.75, 3.05) is 57.4 Å². The van der Waals surface area contributed by atoms with Crippen LogP contribution in [0.3, 0.4) is 0 Å². The van der Waals surface area contributed by atoms with Crippen molar-refractivity contribution in [2.45, 2.75) is 114 Å². The minimum Gasteiger partial charge on any atom is -0.394 e. The number of fused-ring (bicyclic) bond motifs is 2. The predicted molar refractivity (Wildman–Crippen MR) is 291 cm³/mol. The van der Waals surface area contributed by atoms with Crippen molar-refractivity contribution in [1.29, 1.82) is 0 Å². The van der Waals surface area contributed by atoms with Gasteiger partial charge in [0.05, 0.1) is 56.4 Å². The summed E-state index contributed by atoms with van der Waals surface area (Å²) < 4.78 is 0. The smallest absolute Gasteiger partial charge is 0.246 e. The van der Waals surface area contributed by atoms with E-state index >= 15 is 0 Å². The van der Waals surface area contributed by atoms with Gasteiger partial charge in [-0.1, -0.05) is 57.5 Å². The molecule has 2 aliphatic rings. The van der Waals surface area contributed by atoms with Gasteiger partial charge in [0, 0.05) is 47.8 Å². The Morgan fingerprint density at radius 2 is 1.43 bits per heavy atom. The fourth-order valence-corrected chi connectivity index (χ4v) is 9.78. The Bertz CT molecular complexity index is 2740. The van der Waals surface area contributed by atoms with Crippen molar-refractivity contribution in [1.82, 2.24) is 63.1 Å². The van der Waals surface area contributed by atoms with Crippen LogP contribution in [-0.4, -0.2) is 191 Å². The molecule has 0 radical (unpaired) electrons. The van der Waals surface area contributed by atoms with E-state index in [0.29, 0.717) is 22.7 Å². The third-order valence-electron chi connectivity index (χ3n) is 13.7. The van der Waals surface area contributed by atoms with Gasteiger partial charge in [0.1, 0.15) is 36.3 Å². The maximum Gasteiger partial charge on any atom is 0.246 e. The van der Waals surface area contributed by atoms with Crippen LogP contribution in [0.4, 0.5) is 5.69 Å². The zero-order valence-electron chi connectivity index (χ0n) is 45.4. The number of carbonyl (C=O) groups is 11. The highest BCUT2D eigenvalue weighted by Crippen LogP contribution is 2.29. The lowest BCUT2D eigenvalue weighted by molar-refractivity contribution is -0.144. The number of para-hydroxylation sites is 1. The molecule has 5 rings (SSSR count). The number of anilines is 1. The second-order valence-corrected chi connectivity index (χ2v) is 20.8. The summed E-state index contributed by atoms with van der Waals surface area (Å²) >= 11 is 1.15. The maximum absolute atomic E-state index is 14.9. The molecule has 2 aromatic carbocycles. The Morgan fingerprint density at radius 1 is 0.775 bits per heavy atom. The number of H-pyrrole nitrogens is 1. The van der Waals surface area contributed by atoms with E-state index in [0.717, 1.165) is 33.1 Å². The van der Waals surface area contributed by atoms with E-state index in [4.69, 9.17) is 0 Å². The number of thioether (sulfide) groups is 1. The number of likely N-dealkylation sites (N-methyl/N-ethyl adjacent to an activating group) is 1. The van der Waals surface area contributed by atoms with Gasteiger partial charge in [-0.15, -0.1) is 11.8 Å². The third-order valence-corrected chi connectivity index (χ3v) is 14.9. The average molecular weight is 1140 g/mol. The van der Waals surface area contributed by atoms with Crippen LogP contribution in [0, 0.1) is 18.8 Å². The van der Waals surface area contributed by atoms with Gasteiger partial charge in [0.2, 0.25) is 65.0 Å². The second-order valence-electron chi connectivity index (χ2n) is 19.7. The van der Waals surface area contributed by atoms with E-state index in [9.17, 15) is 68.1 Å². The highest BCUT2D eigenvalue weighted by Gasteiger charge is 2.44. The molecule has 2 fully saturated rings. The van der Waals surface area contributed by atoms with Gasteiger partial charge in [-0.2, -0.15) is 0 Å². The molecule has 27 nitrogen and oxygen atoms in total. The molecule has 2 aliphatic heterocycles. The summed E-state index contributed by atoms with van der Waals surface area (Å²) in [5.74, 6) is -10.9. The molecule has 15 N–H and O–H groups in total. The fraction of sp³-hybridized carbons (Fsp3) is 0.519. The van der Waals surface area contributed by atoms with Crippen molar-refractivity contribution < 1.29 is 68.1 Å². The van der Waals surface area contributed by atoms with Crippen LogP contribution in [0.25, 0.3) is 10.9 Å². The molecule has 10 atom stereocenters. The maximum atomic E-state index is 14.9. The van der Waals surface area contributed by atoms with E-state index in [1.165, 1.54) is 13.8 Å². The number of aromatic amines is 1. The number of rotatable bonds is 17. The first-order valence-electron chi connectivity index (χ1n) is 26.1. The van der Waals surface area contributed by atoms with Crippen LogP contribution < -0.4 is 58.5 Å². The number of hydrogen-bond donors (Lipinski definition) is 15. The number of aliphatic hydroxyl groups excluding tert-OH is 3. The zero-order chi connectivity index (χ0) is 58.8. The minimum absolute atomic E-state index is 0.0123. The molecular formula is C52H73N13O14S. The second kappa shape index (κ2) is 30.1. The molecule has 1 aromatic heterocycles. The summed E-state index contributed by atoms with van der Waals surface area (Å²) in [6.07, 6.45) is -3.72. The van der Waals surface area contributed by atoms with Crippen LogP contribution in [0.15, 0.2) is 53.6 Å². The number of amides is 11. The Morgan fingerprint density at radius 3 is 2.09 bits per heavy atom. The molecule has 28 heteroatoms. The first-order valence-corrected chi connectivity index (χ1v) is 27.1. The molecule has 0 spiro atoms. The lowest BCUT2D eigenvalue weighted by atomic mass is 9.94. The molecule has 0 bridgehead atoms. The topological polar surface area (TPSA) is 400 Å². The van der Waals surface area contributed by atoms with E-state index in [1.54, 1.807) is 45.2 Å². The number of aromatic nitrogens is 1. The lowest BCUT2D eigenvalue weighted by Gasteiger charge is -2.32. The van der Waals surface area contributed by atoms with E-state index < -0.39 is 165 Å². The van der Waals surface area contributed by atoms with Crippen LogP contribution in [-0.2, 0) is 59.3 Å². The first kappa shape index (κ1) is 63.2. The number of aliphatic hydroxyl groups is 3. The largest absolute Gasteiger partial charge is 0.394 e. The van der Waals surface area contributed by atoms with Gasteiger partial charge in [-0.3, -0.25) is 52.7 Å². The number of benzene rings is 2. The van der Waals surface area contributed by atoms with E-state index in [2.05, 4.69) is 63.5 Å². The predicted octanol–water partition coefficient (Wildman–Crippen LogP) is -3.76. The number of nitrogens with zero attached hydrogens (tertiary/aromatic N) is 1. The molecule has 3 aromatic rings. The molecule has 3 heterocycles. The Hall–Kier alpha value is -7.66. The van der Waals surface area contributed by atoms with E-state index in [-0.39, 0.29) is 24.7 Å². The van der Waals surface area contributed by atoms with Crippen LogP contribution in [0.1, 0.15) is 58.1 Å². The van der Waals surface area contributed by atoms with E-state index in [1.807, 2.05) is 31.2 Å². The van der Waals surface area contributed by atoms with Crippen LogP contribution >= 0.6 is 11.8 Å². The molecule has 7 unspecified atom stereocenters. The van der Waals surface area contributed by atoms with Gasteiger partial charge in [0.25, 0.3) is 0 Å². The van der Waals surface area contributed by atoms with Gasteiger partial charge < -0.3 is 83.7 Å². The molecule has 2 saturated heterocycles. The number of carbonyl (C=O) groups excluding carboxylic acids is 11. The monoisotopic (exact) mass is 1140 g/mol. The Labute approximate surface area is 465 Å². The Kier molecular flexibility index (Phi) is 23.7. The summed E-state index contributed by atoms with van der Waals surface area (Å²) in [6, 6.07) is 5.16. The minimum atomic E-state index is -1.80. The summed E-state index contributed by atoms with van der Waals surface area (Å²) in [6.45, 7) is 4.57. The summed E-state index contributed by atoms with van der Waals surface area (Å²) in [4.78, 5) is 154. The quantitative estimate of drug-likeness (QED) is 0.0577. The average Bonchev–Trinajstić information content (AvgIpc) is 4.02. The normalized spacial score (nSPS) is 22.8. The van der Waals surface area contributed by atoms with Gasteiger partial charge in [0.15, 0.2) is 0 Å². The van der Waals surface area contributed by atoms with Crippen molar-refractivity contribution >= 4 is 93.3 Å². The molecule has 11 amide bonds. The third kappa shape index (κ3) is 17.9. The summed E-state index contributed by atoms with van der Waals surface area (Å²) in [5.41, 5.74) is 2.53. The number of hydrogen-bond acceptors (Lipinski definition) is 16. The fourth-order valence-electron chi connectivity index (χ4n) is 8.70. The van der Waals surface area contributed by atoms with Crippen molar-refractivity contribution in [3.05, 3.63) is 59.7 Å². The number of nitrogens with one attached hydrogen (secondary N) is 12. The molecule has 436 valence electrons. The molecule has 80 heavy (non-hydrogen) atoms. The Balaban J connectivity index is 1.48. The van der Waals surface area contributed by atoms with Crippen molar-refractivity contribution in [3.8, 4) is 0 Å². The number of aryl methyl sites for hydroxylation is 1. The summed E-state index contributed by atoms with van der Waals surface area (Å²) in [7, 11) is 1.59. The molecular weight excluding hydrogens is 1060 g/mol. The van der Waals surface area contributed by atoms with Gasteiger partial charge in [-0.05, 0) is 56.1 Å². The summed E-state index contributed by atoms with van der Waals surface area (Å²) in [5, 5.41) is 60.9. The SMILES string of the molecule is CCC(C)C1NC(=O)CNC(=O)CNC(=O)C([C@@H](C)C(O)CO)NC(=O)C2C[C@@H](O)CN2C(=O)C(CC(=O)NCc2ccc(NC(=O)C(C)NC(=O)CNC)cc2)NC(=O)[C@H](CSc2[nH]c3ccccc3c2C)NC(=O)CNC1=O. The van der Waals surface area contributed by atoms with Gasteiger partial charge >= 0.3 is 0 Å². The lowest BCUT2D eigenvalue weighted by Crippen LogP contribution is -2.61. The standard InChI is InChI=1S/C52H73N13O14S/c1-7-26(2)44-49(77)57-22-42(72)60-36(25-80-51-27(3)33-10-8-9-11-34(33)62-51)47(75)61-35(17-39(69)54-18-30-12-14-31(15-13-30)59-46(74)29(5)58-41(71)19-53-6)52(79)65-23-32(67)16-37(65)48(76)64-45(28(4)38(68)24-66)50(78)56-20-40(70)55-21-43(73)63-44/h8-15,26,28-29,32,35-38,44-45,53,62,66-68H,7,16-25H2,1-6H3,(H,54,69)(H,55,70)(H,56,78)(H,57,77)(H,58,71)(H,59,74)(H,60,72)(H,61,75)(H,63,73)(H,64,76)/t26?,28-,29?,32+,35?,36-,37?,38?,44?,45?/m0/s1. The zero-order valence-corrected chi connectivity index (χ0v) is 46.2. The van der Waals surface area contributed by atoms with Crippen molar-refractivity contribution in [3.63, 3.8) is 0 Å².